The number of methoxy groups -OCH3 is 1. The Balaban J connectivity index is 1.74. The average Bonchev–Trinajstić information content (AvgIpc) is 2.89. The normalized spacial score (nSPS) is 16.4. The number of aryl methyl sites for hydroxylation is 1. The molecule has 3 nitrogen and oxygen atoms in total. The van der Waals surface area contributed by atoms with Crippen molar-refractivity contribution in [3.63, 3.8) is 0 Å². The molecule has 0 saturated heterocycles. The lowest BCUT2D eigenvalue weighted by molar-refractivity contribution is 0.0936. The highest BCUT2D eigenvalue weighted by molar-refractivity contribution is 6.30. The number of rotatable bonds is 3. The molecule has 1 aliphatic rings. The van der Waals surface area contributed by atoms with Gasteiger partial charge in [0.1, 0.15) is 5.75 Å². The topological polar surface area (TPSA) is 38.3 Å². The number of carbonyl (C=O) groups is 1. The molecule has 0 fully saturated rings. The number of hydrogen-bond donors (Lipinski definition) is 1. The molecule has 0 spiro atoms. The molecule has 0 heterocycles. The van der Waals surface area contributed by atoms with E-state index in [1.807, 2.05) is 18.2 Å². The van der Waals surface area contributed by atoms with Crippen LogP contribution in [-0.2, 0) is 6.42 Å². The van der Waals surface area contributed by atoms with Gasteiger partial charge in [0.15, 0.2) is 0 Å². The minimum absolute atomic E-state index is 0.0619. The summed E-state index contributed by atoms with van der Waals surface area (Å²) in [4.78, 5) is 12.3. The van der Waals surface area contributed by atoms with Crippen LogP contribution in [0.5, 0.6) is 5.75 Å². The summed E-state index contributed by atoms with van der Waals surface area (Å²) in [5.41, 5.74) is 3.03. The van der Waals surface area contributed by atoms with E-state index >= 15 is 0 Å². The molecule has 2 aromatic carbocycles. The van der Waals surface area contributed by atoms with Gasteiger partial charge in [-0.3, -0.25) is 4.79 Å². The Kier molecular flexibility index (Phi) is 3.84. The zero-order chi connectivity index (χ0) is 14.8. The van der Waals surface area contributed by atoms with Gasteiger partial charge < -0.3 is 10.1 Å². The number of carbonyl (C=O) groups excluding carboxylic acids is 1. The summed E-state index contributed by atoms with van der Waals surface area (Å²) in [6, 6.07) is 13.0. The first-order valence-corrected chi connectivity index (χ1v) is 7.28. The van der Waals surface area contributed by atoms with Gasteiger partial charge in [-0.1, -0.05) is 17.7 Å². The molecule has 3 rings (SSSR count). The standard InChI is InChI=1S/C17H16ClNO2/c1-21-14-6-2-11(3-7-14)17(20)19-16-9-4-12-10-13(18)5-8-15(12)16/h2-3,5-8,10,16H,4,9H2,1H3,(H,19,20). The zero-order valence-electron chi connectivity index (χ0n) is 11.7. The second kappa shape index (κ2) is 5.78. The summed E-state index contributed by atoms with van der Waals surface area (Å²) < 4.78 is 5.10. The fraction of sp³-hybridized carbons (Fsp3) is 0.235. The van der Waals surface area contributed by atoms with E-state index in [0.29, 0.717) is 5.56 Å². The fourth-order valence-electron chi connectivity index (χ4n) is 2.72. The number of ether oxygens (including phenoxy) is 1. The highest BCUT2D eigenvalue weighted by Crippen LogP contribution is 2.33. The number of benzene rings is 2. The van der Waals surface area contributed by atoms with Gasteiger partial charge in [0.25, 0.3) is 5.91 Å². The quantitative estimate of drug-likeness (QED) is 0.937. The molecule has 1 unspecified atom stereocenters. The molecule has 21 heavy (non-hydrogen) atoms. The van der Waals surface area contributed by atoms with Crippen molar-refractivity contribution in [2.75, 3.05) is 7.11 Å². The van der Waals surface area contributed by atoms with Gasteiger partial charge in [-0.05, 0) is 60.4 Å². The van der Waals surface area contributed by atoms with E-state index in [-0.39, 0.29) is 11.9 Å². The van der Waals surface area contributed by atoms with E-state index in [1.54, 1.807) is 31.4 Å². The molecule has 0 aliphatic heterocycles. The molecule has 0 saturated carbocycles. The Morgan fingerprint density at radius 3 is 2.71 bits per heavy atom. The number of halogens is 1. The first-order chi connectivity index (χ1) is 10.2. The fourth-order valence-corrected chi connectivity index (χ4v) is 2.91. The lowest BCUT2D eigenvalue weighted by Crippen LogP contribution is -2.27. The minimum atomic E-state index is -0.0644. The van der Waals surface area contributed by atoms with Crippen LogP contribution in [-0.4, -0.2) is 13.0 Å². The maximum Gasteiger partial charge on any atom is 0.251 e. The molecule has 0 radical (unpaired) electrons. The monoisotopic (exact) mass is 301 g/mol. The molecular formula is C17H16ClNO2. The van der Waals surface area contributed by atoms with Gasteiger partial charge >= 0.3 is 0 Å². The van der Waals surface area contributed by atoms with Crippen LogP contribution < -0.4 is 10.1 Å². The van der Waals surface area contributed by atoms with E-state index in [2.05, 4.69) is 5.32 Å². The lowest BCUT2D eigenvalue weighted by atomic mass is 10.1. The van der Waals surface area contributed by atoms with Crippen molar-refractivity contribution in [2.45, 2.75) is 18.9 Å². The van der Waals surface area contributed by atoms with Crippen LogP contribution in [0.3, 0.4) is 0 Å². The molecule has 4 heteroatoms. The summed E-state index contributed by atoms with van der Waals surface area (Å²) in [5, 5.41) is 3.83. The predicted octanol–water partition coefficient (Wildman–Crippen LogP) is 3.77. The summed E-state index contributed by atoms with van der Waals surface area (Å²) in [5.74, 6) is 0.679. The molecule has 1 amide bonds. The second-order valence-corrected chi connectivity index (χ2v) is 5.57. The van der Waals surface area contributed by atoms with Crippen LogP contribution in [0.25, 0.3) is 0 Å². The van der Waals surface area contributed by atoms with Crippen molar-refractivity contribution in [1.29, 1.82) is 0 Å². The van der Waals surface area contributed by atoms with Gasteiger partial charge in [0, 0.05) is 10.6 Å². The molecule has 2 aromatic rings. The highest BCUT2D eigenvalue weighted by atomic mass is 35.5. The summed E-state index contributed by atoms with van der Waals surface area (Å²) in [7, 11) is 1.61. The SMILES string of the molecule is COc1ccc(C(=O)NC2CCc3cc(Cl)ccc32)cc1. The number of hydrogen-bond acceptors (Lipinski definition) is 2. The van der Waals surface area contributed by atoms with E-state index in [9.17, 15) is 4.79 Å². The average molecular weight is 302 g/mol. The van der Waals surface area contributed by atoms with Gasteiger partial charge in [0.05, 0.1) is 13.2 Å². The van der Waals surface area contributed by atoms with Crippen LogP contribution in [0.1, 0.15) is 33.9 Å². The third-order valence-electron chi connectivity index (χ3n) is 3.84. The van der Waals surface area contributed by atoms with Gasteiger partial charge in [0.2, 0.25) is 0 Å². The summed E-state index contributed by atoms with van der Waals surface area (Å²) >= 11 is 6.00. The van der Waals surface area contributed by atoms with Gasteiger partial charge in [-0.15, -0.1) is 0 Å². The highest BCUT2D eigenvalue weighted by Gasteiger charge is 2.24. The van der Waals surface area contributed by atoms with E-state index in [0.717, 1.165) is 23.6 Å². The van der Waals surface area contributed by atoms with Crippen molar-refractivity contribution in [1.82, 2.24) is 5.32 Å². The van der Waals surface area contributed by atoms with Crippen molar-refractivity contribution >= 4 is 17.5 Å². The Bertz CT molecular complexity index is 667. The molecule has 0 aromatic heterocycles. The Labute approximate surface area is 128 Å². The van der Waals surface area contributed by atoms with Crippen LogP contribution in [0.4, 0.5) is 0 Å². The largest absolute Gasteiger partial charge is 0.497 e. The molecule has 0 bridgehead atoms. The third kappa shape index (κ3) is 2.88. The first kappa shape index (κ1) is 14.0. The van der Waals surface area contributed by atoms with Gasteiger partial charge in [-0.2, -0.15) is 0 Å². The Morgan fingerprint density at radius 1 is 1.24 bits per heavy atom. The Hall–Kier alpha value is -2.00. The minimum Gasteiger partial charge on any atom is -0.497 e. The number of fused-ring (bicyclic) bond motifs is 1. The lowest BCUT2D eigenvalue weighted by Gasteiger charge is -2.14. The molecule has 1 N–H and O–H groups in total. The van der Waals surface area contributed by atoms with Crippen molar-refractivity contribution < 1.29 is 9.53 Å². The zero-order valence-corrected chi connectivity index (χ0v) is 12.5. The summed E-state index contributed by atoms with van der Waals surface area (Å²) in [6.45, 7) is 0. The maximum absolute atomic E-state index is 12.3. The second-order valence-electron chi connectivity index (χ2n) is 5.14. The van der Waals surface area contributed by atoms with Gasteiger partial charge in [-0.25, -0.2) is 0 Å². The predicted molar refractivity (Wildman–Crippen MR) is 83.0 cm³/mol. The van der Waals surface area contributed by atoms with Crippen molar-refractivity contribution in [3.05, 3.63) is 64.2 Å². The van der Waals surface area contributed by atoms with Crippen molar-refractivity contribution in [2.24, 2.45) is 0 Å². The first-order valence-electron chi connectivity index (χ1n) is 6.90. The maximum atomic E-state index is 12.3. The Morgan fingerprint density at radius 2 is 2.00 bits per heavy atom. The smallest absolute Gasteiger partial charge is 0.251 e. The summed E-state index contributed by atoms with van der Waals surface area (Å²) in [6.07, 6.45) is 1.86. The molecule has 108 valence electrons. The number of amides is 1. The third-order valence-corrected chi connectivity index (χ3v) is 4.08. The van der Waals surface area contributed by atoms with Crippen LogP contribution in [0, 0.1) is 0 Å². The molecular weight excluding hydrogens is 286 g/mol. The van der Waals surface area contributed by atoms with E-state index in [4.69, 9.17) is 16.3 Å². The number of nitrogens with one attached hydrogen (secondary N) is 1. The van der Waals surface area contributed by atoms with Crippen molar-refractivity contribution in [3.8, 4) is 5.75 Å². The van der Waals surface area contributed by atoms with Crippen LogP contribution in [0.2, 0.25) is 5.02 Å². The van der Waals surface area contributed by atoms with E-state index < -0.39 is 0 Å². The van der Waals surface area contributed by atoms with E-state index in [1.165, 1.54) is 11.1 Å². The molecule has 1 aliphatic carbocycles. The molecule has 1 atom stereocenters. The van der Waals surface area contributed by atoms with Crippen LogP contribution in [0.15, 0.2) is 42.5 Å². The van der Waals surface area contributed by atoms with Crippen LogP contribution >= 0.6 is 11.6 Å².